The predicted molar refractivity (Wildman–Crippen MR) is 92.4 cm³/mol. The van der Waals surface area contributed by atoms with Gasteiger partial charge in [-0.25, -0.2) is 4.98 Å². The number of anilines is 1. The van der Waals surface area contributed by atoms with Crippen molar-refractivity contribution in [2.75, 3.05) is 11.4 Å². The number of carbonyl (C=O) groups is 1. The van der Waals surface area contributed by atoms with Crippen molar-refractivity contribution in [3.63, 3.8) is 0 Å². The first kappa shape index (κ1) is 15.5. The van der Waals surface area contributed by atoms with Crippen LogP contribution in [0.3, 0.4) is 0 Å². The topological polar surface area (TPSA) is 45.2 Å². The zero-order valence-corrected chi connectivity index (χ0v) is 13.7. The molecule has 4 heteroatoms. The van der Waals surface area contributed by atoms with Crippen molar-refractivity contribution in [2.45, 2.75) is 33.4 Å². The van der Waals surface area contributed by atoms with Crippen molar-refractivity contribution in [1.82, 2.24) is 10.3 Å². The molecule has 1 N–H and O–H groups in total. The summed E-state index contributed by atoms with van der Waals surface area (Å²) in [5, 5.41) is 2.94. The van der Waals surface area contributed by atoms with Gasteiger partial charge in [0.05, 0.1) is 5.56 Å². The molecule has 0 saturated carbocycles. The lowest BCUT2D eigenvalue weighted by Gasteiger charge is -2.16. The number of nitrogens with one attached hydrogen (secondary N) is 1. The molecule has 4 nitrogen and oxygen atoms in total. The van der Waals surface area contributed by atoms with Gasteiger partial charge in [0, 0.05) is 25.8 Å². The minimum atomic E-state index is -0.0468. The van der Waals surface area contributed by atoms with E-state index in [1.54, 1.807) is 6.20 Å². The number of nitrogens with zero attached hydrogens (tertiary/aromatic N) is 2. The molecule has 23 heavy (non-hydrogen) atoms. The largest absolute Gasteiger partial charge is 0.352 e. The van der Waals surface area contributed by atoms with E-state index < -0.39 is 0 Å². The lowest BCUT2D eigenvalue weighted by Crippen LogP contribution is -2.25. The number of benzene rings is 1. The van der Waals surface area contributed by atoms with Gasteiger partial charge in [-0.2, -0.15) is 0 Å². The molecule has 2 aromatic rings. The van der Waals surface area contributed by atoms with Gasteiger partial charge in [0.1, 0.15) is 5.82 Å². The highest BCUT2D eigenvalue weighted by Crippen LogP contribution is 2.26. The Morgan fingerprint density at radius 1 is 1.17 bits per heavy atom. The summed E-state index contributed by atoms with van der Waals surface area (Å²) < 4.78 is 0. The highest BCUT2D eigenvalue weighted by Gasteiger charge is 2.19. The smallest absolute Gasteiger partial charge is 0.252 e. The average Bonchev–Trinajstić information content (AvgIpc) is 2.98. The molecule has 0 fully saturated rings. The molecular formula is C19H23N3O. The highest BCUT2D eigenvalue weighted by molar-refractivity contribution is 5.94. The Hall–Kier alpha value is -2.36. The second-order valence-electron chi connectivity index (χ2n) is 6.47. The van der Waals surface area contributed by atoms with Crippen molar-refractivity contribution < 1.29 is 4.79 Å². The van der Waals surface area contributed by atoms with Crippen molar-refractivity contribution in [1.29, 1.82) is 0 Å². The van der Waals surface area contributed by atoms with Gasteiger partial charge in [-0.3, -0.25) is 4.79 Å². The highest BCUT2D eigenvalue weighted by atomic mass is 16.1. The van der Waals surface area contributed by atoms with E-state index in [4.69, 9.17) is 0 Å². The normalized spacial score (nSPS) is 13.3. The number of hydrogen-bond acceptors (Lipinski definition) is 3. The van der Waals surface area contributed by atoms with Gasteiger partial charge in [0.2, 0.25) is 0 Å². The fraction of sp³-hybridized carbons (Fsp3) is 0.368. The summed E-state index contributed by atoms with van der Waals surface area (Å²) >= 11 is 0. The molecule has 120 valence electrons. The molecule has 0 spiro atoms. The van der Waals surface area contributed by atoms with E-state index >= 15 is 0 Å². The van der Waals surface area contributed by atoms with Crippen LogP contribution in [0.2, 0.25) is 0 Å². The van der Waals surface area contributed by atoms with Gasteiger partial charge in [-0.15, -0.1) is 0 Å². The third-order valence-corrected chi connectivity index (χ3v) is 4.18. The molecule has 0 saturated heterocycles. The number of carbonyl (C=O) groups excluding carboxylic acids is 1. The van der Waals surface area contributed by atoms with Gasteiger partial charge in [-0.1, -0.05) is 38.1 Å². The van der Waals surface area contributed by atoms with E-state index in [1.807, 2.05) is 12.1 Å². The molecule has 1 aliphatic heterocycles. The molecule has 1 aromatic heterocycles. The van der Waals surface area contributed by atoms with Gasteiger partial charge in [0.15, 0.2) is 0 Å². The van der Waals surface area contributed by atoms with Crippen LogP contribution in [-0.4, -0.2) is 17.4 Å². The Balaban J connectivity index is 1.61. The second-order valence-corrected chi connectivity index (χ2v) is 6.47. The Bertz CT molecular complexity index is 654. The molecule has 0 atom stereocenters. The molecule has 0 radical (unpaired) electrons. The number of rotatable bonds is 5. The van der Waals surface area contributed by atoms with Gasteiger partial charge >= 0.3 is 0 Å². The average molecular weight is 309 g/mol. The van der Waals surface area contributed by atoms with E-state index in [0.717, 1.165) is 25.3 Å². The Labute approximate surface area is 137 Å². The monoisotopic (exact) mass is 309 g/mol. The maximum absolute atomic E-state index is 12.1. The summed E-state index contributed by atoms with van der Waals surface area (Å²) in [6.45, 7) is 6.76. The quantitative estimate of drug-likeness (QED) is 0.921. The third-order valence-electron chi connectivity index (χ3n) is 4.18. The first-order chi connectivity index (χ1) is 11.1. The fourth-order valence-electron chi connectivity index (χ4n) is 2.78. The zero-order valence-electron chi connectivity index (χ0n) is 13.7. The van der Waals surface area contributed by atoms with Crippen LogP contribution in [0.15, 0.2) is 42.6 Å². The zero-order chi connectivity index (χ0) is 16.2. The summed E-state index contributed by atoms with van der Waals surface area (Å²) in [5.41, 5.74) is 3.32. The van der Waals surface area contributed by atoms with Gasteiger partial charge in [-0.05, 0) is 35.6 Å². The van der Waals surface area contributed by atoms with Crippen LogP contribution >= 0.6 is 0 Å². The SMILES string of the molecule is CC(C)CCNC(=O)c1ccc(N2Cc3ccccc3C2)nc1. The summed E-state index contributed by atoms with van der Waals surface area (Å²) in [4.78, 5) is 18.8. The lowest BCUT2D eigenvalue weighted by atomic mass is 10.1. The molecular weight excluding hydrogens is 286 g/mol. The van der Waals surface area contributed by atoms with Crippen LogP contribution in [0.4, 0.5) is 5.82 Å². The first-order valence-electron chi connectivity index (χ1n) is 8.19. The van der Waals surface area contributed by atoms with E-state index in [9.17, 15) is 4.79 Å². The van der Waals surface area contributed by atoms with Crippen LogP contribution in [-0.2, 0) is 13.1 Å². The summed E-state index contributed by atoms with van der Waals surface area (Å²) in [6.07, 6.45) is 2.66. The predicted octanol–water partition coefficient (Wildman–Crippen LogP) is 3.38. The van der Waals surface area contributed by atoms with Gasteiger partial charge < -0.3 is 10.2 Å². The lowest BCUT2D eigenvalue weighted by molar-refractivity contribution is 0.0951. The molecule has 0 unspecified atom stereocenters. The van der Waals surface area contributed by atoms with Crippen LogP contribution < -0.4 is 10.2 Å². The van der Waals surface area contributed by atoms with Crippen LogP contribution in [0.1, 0.15) is 41.8 Å². The van der Waals surface area contributed by atoms with Crippen molar-refractivity contribution in [2.24, 2.45) is 5.92 Å². The molecule has 1 amide bonds. The Morgan fingerprint density at radius 3 is 2.43 bits per heavy atom. The molecule has 1 aromatic carbocycles. The summed E-state index contributed by atoms with van der Waals surface area (Å²) in [6, 6.07) is 12.2. The van der Waals surface area contributed by atoms with Crippen molar-refractivity contribution in [3.8, 4) is 0 Å². The standard InChI is InChI=1S/C19H23N3O/c1-14(2)9-10-20-19(23)15-7-8-18(21-11-15)22-12-16-5-3-4-6-17(16)13-22/h3-8,11,14H,9-10,12-13H2,1-2H3,(H,20,23). The van der Waals surface area contributed by atoms with Crippen LogP contribution in [0.25, 0.3) is 0 Å². The van der Waals surface area contributed by atoms with Gasteiger partial charge in [0.25, 0.3) is 5.91 Å². The molecule has 0 bridgehead atoms. The van der Waals surface area contributed by atoms with Crippen LogP contribution in [0, 0.1) is 5.92 Å². The number of amides is 1. The molecule has 2 heterocycles. The van der Waals surface area contributed by atoms with Crippen molar-refractivity contribution in [3.05, 3.63) is 59.3 Å². The molecule has 1 aliphatic rings. The number of pyridine rings is 1. The molecule has 3 rings (SSSR count). The molecule has 0 aliphatic carbocycles. The summed E-state index contributed by atoms with van der Waals surface area (Å²) in [7, 11) is 0. The van der Waals surface area contributed by atoms with E-state index in [-0.39, 0.29) is 5.91 Å². The minimum absolute atomic E-state index is 0.0468. The Kier molecular flexibility index (Phi) is 4.60. The van der Waals surface area contributed by atoms with Crippen LogP contribution in [0.5, 0.6) is 0 Å². The second kappa shape index (κ2) is 6.82. The van der Waals surface area contributed by atoms with Crippen molar-refractivity contribution >= 4 is 11.7 Å². The fourth-order valence-corrected chi connectivity index (χ4v) is 2.78. The maximum Gasteiger partial charge on any atom is 0.252 e. The maximum atomic E-state index is 12.1. The van der Waals surface area contributed by atoms with E-state index in [0.29, 0.717) is 18.0 Å². The third kappa shape index (κ3) is 3.70. The number of fused-ring (bicyclic) bond motifs is 1. The number of hydrogen-bond donors (Lipinski definition) is 1. The summed E-state index contributed by atoms with van der Waals surface area (Å²) in [5.74, 6) is 1.46. The van der Waals surface area contributed by atoms with E-state index in [2.05, 4.69) is 53.3 Å². The minimum Gasteiger partial charge on any atom is -0.352 e. The van der Waals surface area contributed by atoms with E-state index in [1.165, 1.54) is 11.1 Å². The Morgan fingerprint density at radius 2 is 1.87 bits per heavy atom. The number of aromatic nitrogens is 1. The first-order valence-corrected chi connectivity index (χ1v) is 8.19.